The van der Waals surface area contributed by atoms with E-state index in [4.69, 9.17) is 0 Å². The molecule has 1 aliphatic rings. The highest BCUT2D eigenvalue weighted by atomic mass is 16.5. The summed E-state index contributed by atoms with van der Waals surface area (Å²) in [6.45, 7) is 10.3. The van der Waals surface area contributed by atoms with Gasteiger partial charge >= 0.3 is 0 Å². The molecule has 2 aromatic carbocycles. The summed E-state index contributed by atoms with van der Waals surface area (Å²) >= 11 is 0. The summed E-state index contributed by atoms with van der Waals surface area (Å²) in [7, 11) is 0. The van der Waals surface area contributed by atoms with Gasteiger partial charge in [-0.15, -0.1) is 0 Å². The molecular formula is C23H30N2O2. The molecule has 1 N–H and O–H groups in total. The summed E-state index contributed by atoms with van der Waals surface area (Å²) in [6.07, 6.45) is 2.33. The third-order valence-corrected chi connectivity index (χ3v) is 5.72. The summed E-state index contributed by atoms with van der Waals surface area (Å²) < 4.78 is 0. The second-order valence-electron chi connectivity index (χ2n) is 7.76. The van der Waals surface area contributed by atoms with Crippen molar-refractivity contribution in [3.63, 3.8) is 0 Å². The standard InChI is InChI=1S/C23H30N2O2/c1-16-14-17(2)21(18(3)15-16)22(19(4)24-12-8-9-13-24)23(26)25(27)20-10-6-5-7-11-20/h5-7,10-11,14-15,19,22,27H,8-9,12-13H2,1-4H3. The van der Waals surface area contributed by atoms with Crippen LogP contribution in [0.15, 0.2) is 42.5 Å². The number of hydroxylamine groups is 1. The van der Waals surface area contributed by atoms with Crippen LogP contribution < -0.4 is 5.06 Å². The highest BCUT2D eigenvalue weighted by Gasteiger charge is 2.36. The number of hydrogen-bond donors (Lipinski definition) is 1. The molecule has 2 unspecified atom stereocenters. The van der Waals surface area contributed by atoms with Gasteiger partial charge in [0, 0.05) is 6.04 Å². The largest absolute Gasteiger partial charge is 0.300 e. The molecular weight excluding hydrogens is 336 g/mol. The Kier molecular flexibility index (Phi) is 5.98. The van der Waals surface area contributed by atoms with Crippen molar-refractivity contribution in [3.8, 4) is 0 Å². The maximum atomic E-state index is 13.5. The summed E-state index contributed by atoms with van der Waals surface area (Å²) in [4.78, 5) is 15.9. The number of amides is 1. The zero-order valence-corrected chi connectivity index (χ0v) is 16.8. The fraction of sp³-hybridized carbons (Fsp3) is 0.435. The highest BCUT2D eigenvalue weighted by Crippen LogP contribution is 2.34. The Labute approximate surface area is 162 Å². The molecule has 1 amide bonds. The smallest absolute Gasteiger partial charge is 0.259 e. The number of hydrogen-bond acceptors (Lipinski definition) is 3. The number of benzene rings is 2. The summed E-state index contributed by atoms with van der Waals surface area (Å²) in [5.41, 5.74) is 4.96. The van der Waals surface area contributed by atoms with Crippen LogP contribution in [0.2, 0.25) is 0 Å². The van der Waals surface area contributed by atoms with Crippen LogP contribution in [-0.2, 0) is 4.79 Å². The van der Waals surface area contributed by atoms with Crippen molar-refractivity contribution in [1.82, 2.24) is 4.90 Å². The molecule has 1 saturated heterocycles. The van der Waals surface area contributed by atoms with Gasteiger partial charge in [0.15, 0.2) is 0 Å². The molecule has 3 rings (SSSR count). The molecule has 0 radical (unpaired) electrons. The van der Waals surface area contributed by atoms with E-state index < -0.39 is 5.92 Å². The van der Waals surface area contributed by atoms with Gasteiger partial charge in [-0.2, -0.15) is 5.06 Å². The van der Waals surface area contributed by atoms with Gasteiger partial charge in [0.05, 0.1) is 11.6 Å². The zero-order chi connectivity index (χ0) is 19.6. The Morgan fingerprint density at radius 1 is 1.04 bits per heavy atom. The molecule has 4 nitrogen and oxygen atoms in total. The van der Waals surface area contributed by atoms with E-state index in [-0.39, 0.29) is 11.9 Å². The Hall–Kier alpha value is -2.17. The monoisotopic (exact) mass is 366 g/mol. The molecule has 0 bridgehead atoms. The van der Waals surface area contributed by atoms with Crippen LogP contribution in [0.25, 0.3) is 0 Å². The molecule has 0 aliphatic carbocycles. The molecule has 1 aliphatic heterocycles. The van der Waals surface area contributed by atoms with E-state index in [9.17, 15) is 10.0 Å². The van der Waals surface area contributed by atoms with Crippen molar-refractivity contribution in [3.05, 3.63) is 64.7 Å². The van der Waals surface area contributed by atoms with Crippen LogP contribution in [0, 0.1) is 20.8 Å². The van der Waals surface area contributed by atoms with Gasteiger partial charge in [0.1, 0.15) is 0 Å². The number of rotatable bonds is 5. The summed E-state index contributed by atoms with van der Waals surface area (Å²) in [5.74, 6) is -0.676. The molecule has 0 saturated carbocycles. The number of anilines is 1. The van der Waals surface area contributed by atoms with Crippen LogP contribution >= 0.6 is 0 Å². The van der Waals surface area contributed by atoms with E-state index in [0.29, 0.717) is 5.69 Å². The molecule has 1 fully saturated rings. The second-order valence-corrected chi connectivity index (χ2v) is 7.76. The molecule has 0 spiro atoms. The lowest BCUT2D eigenvalue weighted by molar-refractivity contribution is -0.126. The van der Waals surface area contributed by atoms with Gasteiger partial charge in [0.2, 0.25) is 0 Å². The van der Waals surface area contributed by atoms with E-state index in [1.165, 1.54) is 18.4 Å². The van der Waals surface area contributed by atoms with Gasteiger partial charge in [-0.1, -0.05) is 35.9 Å². The predicted octanol–water partition coefficient (Wildman–Crippen LogP) is 4.60. The van der Waals surface area contributed by atoms with Gasteiger partial charge in [-0.25, -0.2) is 0 Å². The molecule has 2 aromatic rings. The average molecular weight is 367 g/mol. The molecule has 4 heteroatoms. The molecule has 27 heavy (non-hydrogen) atoms. The van der Waals surface area contributed by atoms with Gasteiger partial charge in [-0.05, 0) is 82.4 Å². The minimum Gasteiger partial charge on any atom is -0.300 e. The average Bonchev–Trinajstić information content (AvgIpc) is 3.18. The van der Waals surface area contributed by atoms with Crippen LogP contribution in [0.5, 0.6) is 0 Å². The molecule has 144 valence electrons. The normalized spacial score (nSPS) is 16.9. The Morgan fingerprint density at radius 2 is 1.59 bits per heavy atom. The minimum atomic E-state index is -0.408. The predicted molar refractivity (Wildman–Crippen MR) is 109 cm³/mol. The number of para-hydroxylation sites is 1. The Morgan fingerprint density at radius 3 is 2.15 bits per heavy atom. The van der Waals surface area contributed by atoms with Crippen molar-refractivity contribution in [2.45, 2.75) is 52.5 Å². The summed E-state index contributed by atoms with van der Waals surface area (Å²) in [6, 6.07) is 13.3. The Balaban J connectivity index is 2.03. The minimum absolute atomic E-state index is 0.0264. The second kappa shape index (κ2) is 8.24. The van der Waals surface area contributed by atoms with Crippen molar-refractivity contribution in [2.24, 2.45) is 0 Å². The third kappa shape index (κ3) is 4.07. The van der Waals surface area contributed by atoms with Crippen LogP contribution in [0.4, 0.5) is 5.69 Å². The van der Waals surface area contributed by atoms with E-state index in [1.54, 1.807) is 12.1 Å². The van der Waals surface area contributed by atoms with Crippen molar-refractivity contribution in [1.29, 1.82) is 0 Å². The number of aryl methyl sites for hydroxylation is 3. The zero-order valence-electron chi connectivity index (χ0n) is 16.8. The number of carbonyl (C=O) groups is 1. The van der Waals surface area contributed by atoms with Crippen molar-refractivity contribution < 1.29 is 10.0 Å². The van der Waals surface area contributed by atoms with Gasteiger partial charge in [0.25, 0.3) is 5.91 Å². The maximum absolute atomic E-state index is 13.5. The quantitative estimate of drug-likeness (QED) is 0.621. The molecule has 0 aromatic heterocycles. The SMILES string of the molecule is Cc1cc(C)c(C(C(=O)N(O)c2ccccc2)C(C)N2CCCC2)c(C)c1. The van der Waals surface area contributed by atoms with Crippen LogP contribution in [0.1, 0.15) is 47.9 Å². The van der Waals surface area contributed by atoms with Gasteiger partial charge in [-0.3, -0.25) is 14.9 Å². The first kappa shape index (κ1) is 19.6. The van der Waals surface area contributed by atoms with Crippen LogP contribution in [0.3, 0.4) is 0 Å². The van der Waals surface area contributed by atoms with Crippen LogP contribution in [-0.4, -0.2) is 35.1 Å². The first-order chi connectivity index (χ1) is 12.9. The summed E-state index contributed by atoms with van der Waals surface area (Å²) in [5, 5.41) is 11.5. The third-order valence-electron chi connectivity index (χ3n) is 5.72. The molecule has 1 heterocycles. The van der Waals surface area contributed by atoms with Gasteiger partial charge < -0.3 is 0 Å². The first-order valence-corrected chi connectivity index (χ1v) is 9.80. The Bertz CT molecular complexity index is 774. The topological polar surface area (TPSA) is 43.8 Å². The van der Waals surface area contributed by atoms with E-state index >= 15 is 0 Å². The number of nitrogens with zero attached hydrogens (tertiary/aromatic N) is 2. The van der Waals surface area contributed by atoms with E-state index in [1.807, 2.05) is 18.2 Å². The fourth-order valence-electron chi connectivity index (χ4n) is 4.44. The maximum Gasteiger partial charge on any atom is 0.259 e. The highest BCUT2D eigenvalue weighted by molar-refractivity contribution is 5.97. The van der Waals surface area contributed by atoms with Crippen molar-refractivity contribution >= 4 is 11.6 Å². The van der Waals surface area contributed by atoms with E-state index in [2.05, 4.69) is 44.7 Å². The lowest BCUT2D eigenvalue weighted by Gasteiger charge is -2.34. The lowest BCUT2D eigenvalue weighted by Crippen LogP contribution is -2.44. The lowest BCUT2D eigenvalue weighted by atomic mass is 9.83. The van der Waals surface area contributed by atoms with E-state index in [0.717, 1.165) is 34.8 Å². The molecule has 2 atom stereocenters. The number of carbonyl (C=O) groups excluding carboxylic acids is 1. The fourth-order valence-corrected chi connectivity index (χ4v) is 4.44. The van der Waals surface area contributed by atoms with Crippen molar-refractivity contribution in [2.75, 3.05) is 18.2 Å². The first-order valence-electron chi connectivity index (χ1n) is 9.80. The number of likely N-dealkylation sites (tertiary alicyclic amines) is 1.